The highest BCUT2D eigenvalue weighted by atomic mass is 32.2. The zero-order valence-electron chi connectivity index (χ0n) is 17.0. The summed E-state index contributed by atoms with van der Waals surface area (Å²) < 4.78 is 66.8. The number of hydrogen-bond acceptors (Lipinski definition) is 8. The molecule has 0 saturated carbocycles. The van der Waals surface area contributed by atoms with Crippen LogP contribution >= 0.6 is 0 Å². The molecular formula is C19H20F3N5O3S. The zero-order chi connectivity index (χ0) is 23.2. The number of nitriles is 1. The van der Waals surface area contributed by atoms with Gasteiger partial charge in [-0.25, -0.2) is 9.97 Å². The summed E-state index contributed by atoms with van der Waals surface area (Å²) in [4.78, 5) is 9.87. The van der Waals surface area contributed by atoms with E-state index in [0.717, 1.165) is 6.07 Å². The van der Waals surface area contributed by atoms with Gasteiger partial charge in [-0.15, -0.1) is 0 Å². The zero-order valence-corrected chi connectivity index (χ0v) is 17.8. The second kappa shape index (κ2) is 7.56. The Morgan fingerprint density at radius 2 is 2.00 bits per heavy atom. The van der Waals surface area contributed by atoms with Crippen molar-refractivity contribution in [3.63, 3.8) is 0 Å². The van der Waals surface area contributed by atoms with Gasteiger partial charge in [0.25, 0.3) is 0 Å². The van der Waals surface area contributed by atoms with E-state index in [4.69, 9.17) is 11.0 Å². The van der Waals surface area contributed by atoms with Gasteiger partial charge >= 0.3 is 15.6 Å². The Hall–Kier alpha value is -3.07. The fourth-order valence-electron chi connectivity index (χ4n) is 3.80. The van der Waals surface area contributed by atoms with Gasteiger partial charge in [-0.1, -0.05) is 13.8 Å². The van der Waals surface area contributed by atoms with Crippen molar-refractivity contribution < 1.29 is 25.8 Å². The van der Waals surface area contributed by atoms with Crippen molar-refractivity contribution in [2.75, 3.05) is 24.2 Å². The lowest BCUT2D eigenvalue weighted by Gasteiger charge is -2.36. The number of anilines is 2. The molecule has 31 heavy (non-hydrogen) atoms. The SMILES string of the molecule is CN(CCC#N)c1c(OS(=O)(=O)C(F)(F)F)ccc2c1CC(C)(C)c1c(N)ncnc1-2. The third-order valence-corrected chi connectivity index (χ3v) is 6.06. The Balaban J connectivity index is 2.28. The number of nitrogen functional groups attached to an aromatic ring is 1. The van der Waals surface area contributed by atoms with Crippen molar-refractivity contribution in [3.8, 4) is 23.1 Å². The predicted molar refractivity (Wildman–Crippen MR) is 108 cm³/mol. The average molecular weight is 455 g/mol. The highest BCUT2D eigenvalue weighted by Gasteiger charge is 2.49. The maximum Gasteiger partial charge on any atom is 0.534 e. The first kappa shape index (κ1) is 22.6. The van der Waals surface area contributed by atoms with E-state index in [1.165, 1.54) is 17.3 Å². The number of hydrogen-bond donors (Lipinski definition) is 1. The second-order valence-corrected chi connectivity index (χ2v) is 9.33. The van der Waals surface area contributed by atoms with Crippen LogP contribution in [0.5, 0.6) is 5.75 Å². The monoisotopic (exact) mass is 455 g/mol. The van der Waals surface area contributed by atoms with Crippen LogP contribution in [0.3, 0.4) is 0 Å². The summed E-state index contributed by atoms with van der Waals surface area (Å²) >= 11 is 0. The molecule has 1 aliphatic rings. The van der Waals surface area contributed by atoms with Crippen molar-refractivity contribution in [3.05, 3.63) is 29.6 Å². The lowest BCUT2D eigenvalue weighted by molar-refractivity contribution is -0.0499. The lowest BCUT2D eigenvalue weighted by atomic mass is 9.71. The van der Waals surface area contributed by atoms with Gasteiger partial charge in [-0.05, 0) is 29.5 Å². The number of fused-ring (bicyclic) bond motifs is 3. The molecule has 1 aromatic heterocycles. The minimum Gasteiger partial charge on any atom is -0.383 e. The van der Waals surface area contributed by atoms with Gasteiger partial charge in [0, 0.05) is 24.7 Å². The molecule has 1 heterocycles. The number of nitrogens with two attached hydrogens (primary N) is 1. The second-order valence-electron chi connectivity index (χ2n) is 7.79. The molecule has 12 heteroatoms. The van der Waals surface area contributed by atoms with Crippen LogP contribution < -0.4 is 14.8 Å². The fraction of sp³-hybridized carbons (Fsp3) is 0.421. The van der Waals surface area contributed by atoms with E-state index >= 15 is 0 Å². The van der Waals surface area contributed by atoms with E-state index in [-0.39, 0.29) is 18.7 Å². The van der Waals surface area contributed by atoms with Crippen LogP contribution in [0.25, 0.3) is 11.3 Å². The van der Waals surface area contributed by atoms with E-state index in [9.17, 15) is 21.6 Å². The average Bonchev–Trinajstić information content (AvgIpc) is 2.64. The maximum atomic E-state index is 13.0. The Morgan fingerprint density at radius 1 is 1.32 bits per heavy atom. The molecule has 0 unspecified atom stereocenters. The van der Waals surface area contributed by atoms with Crippen LogP contribution in [-0.4, -0.2) is 37.5 Å². The van der Waals surface area contributed by atoms with Crippen molar-refractivity contribution in [2.45, 2.75) is 37.6 Å². The molecule has 2 N–H and O–H groups in total. The van der Waals surface area contributed by atoms with Crippen LogP contribution in [0.15, 0.2) is 18.5 Å². The van der Waals surface area contributed by atoms with Crippen LogP contribution in [0, 0.1) is 11.3 Å². The van der Waals surface area contributed by atoms with Crippen molar-refractivity contribution in [1.82, 2.24) is 9.97 Å². The third-order valence-electron chi connectivity index (χ3n) is 5.10. The van der Waals surface area contributed by atoms with E-state index in [2.05, 4.69) is 14.2 Å². The Morgan fingerprint density at radius 3 is 2.61 bits per heavy atom. The minimum atomic E-state index is -5.89. The molecule has 0 saturated heterocycles. The third kappa shape index (κ3) is 3.97. The van der Waals surface area contributed by atoms with Crippen molar-refractivity contribution in [2.24, 2.45) is 0 Å². The molecule has 3 rings (SSSR count). The molecule has 2 aromatic rings. The highest BCUT2D eigenvalue weighted by molar-refractivity contribution is 7.88. The van der Waals surface area contributed by atoms with E-state index in [1.807, 2.05) is 19.9 Å². The van der Waals surface area contributed by atoms with Gasteiger partial charge in [0.15, 0.2) is 5.75 Å². The summed E-state index contributed by atoms with van der Waals surface area (Å²) in [5, 5.41) is 8.92. The largest absolute Gasteiger partial charge is 0.534 e. The van der Waals surface area contributed by atoms with E-state index in [1.54, 1.807) is 7.05 Å². The van der Waals surface area contributed by atoms with E-state index in [0.29, 0.717) is 34.6 Å². The van der Waals surface area contributed by atoms with Crippen molar-refractivity contribution >= 4 is 21.6 Å². The summed E-state index contributed by atoms with van der Waals surface area (Å²) in [6.07, 6.45) is 1.67. The van der Waals surface area contributed by atoms with Crippen LogP contribution in [0.4, 0.5) is 24.7 Å². The normalized spacial score (nSPS) is 14.9. The quantitative estimate of drug-likeness (QED) is 0.539. The van der Waals surface area contributed by atoms with Crippen LogP contribution in [-0.2, 0) is 22.0 Å². The molecule has 1 aromatic carbocycles. The Kier molecular flexibility index (Phi) is 5.52. The molecule has 0 amide bonds. The predicted octanol–water partition coefficient (Wildman–Crippen LogP) is 3.14. The van der Waals surface area contributed by atoms with Gasteiger partial charge in [-0.2, -0.15) is 26.9 Å². The van der Waals surface area contributed by atoms with Gasteiger partial charge in [0.1, 0.15) is 12.1 Å². The number of aromatic nitrogens is 2. The minimum absolute atomic E-state index is 0.0702. The molecule has 0 bridgehead atoms. The number of benzene rings is 1. The molecule has 0 spiro atoms. The molecule has 166 valence electrons. The first-order chi connectivity index (χ1) is 14.3. The van der Waals surface area contributed by atoms with Gasteiger partial charge < -0.3 is 14.8 Å². The van der Waals surface area contributed by atoms with Gasteiger partial charge in [0.05, 0.1) is 23.9 Å². The molecule has 0 atom stereocenters. The molecule has 0 fully saturated rings. The summed E-state index contributed by atoms with van der Waals surface area (Å²) in [7, 11) is -4.33. The summed E-state index contributed by atoms with van der Waals surface area (Å²) in [6, 6.07) is 4.57. The van der Waals surface area contributed by atoms with Gasteiger partial charge in [0.2, 0.25) is 0 Å². The molecule has 1 aliphatic carbocycles. The van der Waals surface area contributed by atoms with Gasteiger partial charge in [-0.3, -0.25) is 0 Å². The maximum absolute atomic E-state index is 13.0. The molecular weight excluding hydrogens is 435 g/mol. The van der Waals surface area contributed by atoms with Crippen molar-refractivity contribution in [1.29, 1.82) is 5.26 Å². The summed E-state index contributed by atoms with van der Waals surface area (Å²) in [5.74, 6) is -0.183. The Labute approximate surface area is 177 Å². The first-order valence-electron chi connectivity index (χ1n) is 9.16. The van der Waals surface area contributed by atoms with E-state index < -0.39 is 26.8 Å². The smallest absolute Gasteiger partial charge is 0.383 e. The standard InChI is InChI=1S/C19H20F3N5O3S/c1-18(2)9-12-11(15-14(18)17(24)26-10-25-15)5-6-13(16(12)27(3)8-4-7-23)30-31(28,29)19(20,21)22/h5-6,10H,4,8-9H2,1-3H3,(H2,24,25,26). The molecule has 0 aliphatic heterocycles. The first-order valence-corrected chi connectivity index (χ1v) is 10.6. The topological polar surface area (TPSA) is 122 Å². The fourth-order valence-corrected chi connectivity index (χ4v) is 4.26. The number of halogens is 3. The molecule has 8 nitrogen and oxygen atoms in total. The molecule has 0 radical (unpaired) electrons. The summed E-state index contributed by atoms with van der Waals surface area (Å²) in [5.41, 5.74) is 2.38. The van der Waals surface area contributed by atoms with Crippen LogP contribution in [0.1, 0.15) is 31.4 Å². The number of nitrogens with zero attached hydrogens (tertiary/aromatic N) is 4. The number of rotatable bonds is 5. The number of alkyl halides is 3. The highest BCUT2D eigenvalue weighted by Crippen LogP contribution is 2.49. The summed E-state index contributed by atoms with van der Waals surface area (Å²) in [6.45, 7) is 3.91. The lowest BCUT2D eigenvalue weighted by Crippen LogP contribution is -2.32. The Bertz CT molecular complexity index is 1170. The van der Waals surface area contributed by atoms with Crippen LogP contribution in [0.2, 0.25) is 0 Å².